The molecule has 1 aliphatic rings. The molecule has 2 aromatic rings. The number of anilines is 1. The molecule has 1 atom stereocenters. The largest absolute Gasteiger partial charge is 0.444 e. The molecular weight excluding hydrogens is 335 g/mol. The number of para-hydroxylation sites is 1. The number of hydrogen-bond acceptors (Lipinski definition) is 4. The molecule has 0 spiro atoms. The molecule has 1 amide bonds. The molecule has 2 aromatic carbocycles. The van der Waals surface area contributed by atoms with Gasteiger partial charge in [0.25, 0.3) is 0 Å². The lowest BCUT2D eigenvalue weighted by Crippen LogP contribution is -2.32. The van der Waals surface area contributed by atoms with Crippen LogP contribution >= 0.6 is 0 Å². The van der Waals surface area contributed by atoms with Gasteiger partial charge in [0, 0.05) is 25.7 Å². The summed E-state index contributed by atoms with van der Waals surface area (Å²) in [5.41, 5.74) is 1.89. The van der Waals surface area contributed by atoms with E-state index in [0.29, 0.717) is 23.1 Å². The van der Waals surface area contributed by atoms with E-state index in [4.69, 9.17) is 4.74 Å². The Morgan fingerprint density at radius 3 is 2.73 bits per heavy atom. The average molecular weight is 356 g/mol. The van der Waals surface area contributed by atoms with Crippen molar-refractivity contribution in [1.82, 2.24) is 4.90 Å². The Hall–Kier alpha value is -2.73. The molecule has 0 unspecified atom stereocenters. The smallest absolute Gasteiger partial charge is 0.414 e. The highest BCUT2D eigenvalue weighted by Crippen LogP contribution is 2.31. The van der Waals surface area contributed by atoms with Gasteiger partial charge >= 0.3 is 6.09 Å². The molecule has 1 saturated heterocycles. The van der Waals surface area contributed by atoms with Gasteiger partial charge < -0.3 is 9.64 Å². The summed E-state index contributed by atoms with van der Waals surface area (Å²) in [6.07, 6.45) is 0.734. The van der Waals surface area contributed by atoms with E-state index in [1.807, 2.05) is 19.2 Å². The zero-order chi connectivity index (χ0) is 18.7. The first-order chi connectivity index (χ1) is 12.5. The summed E-state index contributed by atoms with van der Waals surface area (Å²) >= 11 is 0. The van der Waals surface area contributed by atoms with Crippen LogP contribution in [-0.2, 0) is 4.74 Å². The first kappa shape index (κ1) is 18.1. The molecule has 1 fully saturated rings. The predicted molar refractivity (Wildman–Crippen MR) is 98.0 cm³/mol. The summed E-state index contributed by atoms with van der Waals surface area (Å²) in [7, 11) is 3.63. The third-order valence-electron chi connectivity index (χ3n) is 4.59. The van der Waals surface area contributed by atoms with Crippen LogP contribution in [0.5, 0.6) is 0 Å². The van der Waals surface area contributed by atoms with Gasteiger partial charge in [-0.05, 0) is 37.2 Å². The number of hydrogen-bond donors (Lipinski definition) is 0. The number of likely N-dealkylation sites (tertiary alicyclic amines) is 1. The minimum atomic E-state index is -0.591. The van der Waals surface area contributed by atoms with Crippen LogP contribution in [0.15, 0.2) is 42.5 Å². The summed E-state index contributed by atoms with van der Waals surface area (Å²) in [4.78, 5) is 26.9. The maximum Gasteiger partial charge on any atom is 0.414 e. The van der Waals surface area contributed by atoms with Crippen LogP contribution in [0, 0.1) is 5.82 Å². The minimum Gasteiger partial charge on any atom is -0.444 e. The number of nitrogens with zero attached hydrogens (tertiary/aromatic N) is 2. The second-order valence-corrected chi connectivity index (χ2v) is 6.49. The summed E-state index contributed by atoms with van der Waals surface area (Å²) in [6.45, 7) is 1.63. The van der Waals surface area contributed by atoms with Gasteiger partial charge in [0.2, 0.25) is 0 Å². The van der Waals surface area contributed by atoms with E-state index in [-0.39, 0.29) is 11.7 Å². The van der Waals surface area contributed by atoms with Crippen molar-refractivity contribution in [3.05, 3.63) is 53.8 Å². The summed E-state index contributed by atoms with van der Waals surface area (Å²) in [5.74, 6) is -0.591. The molecule has 26 heavy (non-hydrogen) atoms. The third-order valence-corrected chi connectivity index (χ3v) is 4.59. The number of benzene rings is 2. The van der Waals surface area contributed by atoms with Crippen molar-refractivity contribution >= 4 is 18.1 Å². The Bertz CT molecular complexity index is 824. The van der Waals surface area contributed by atoms with E-state index in [1.54, 1.807) is 25.2 Å². The lowest BCUT2D eigenvalue weighted by Gasteiger charge is -2.22. The van der Waals surface area contributed by atoms with Gasteiger partial charge in [-0.1, -0.05) is 24.3 Å². The standard InChI is InChI=1S/C20H21FN2O3/c1-22-10-9-16(12-22)26-20(25)23(2)19-6-4-3-5-17(19)14-7-8-15(13-24)18(21)11-14/h3-8,11,13,16H,9-10,12H2,1-2H3/t16-/m1/s1. The second-order valence-electron chi connectivity index (χ2n) is 6.49. The van der Waals surface area contributed by atoms with Gasteiger partial charge in [0.15, 0.2) is 6.29 Å². The average Bonchev–Trinajstić information content (AvgIpc) is 3.05. The van der Waals surface area contributed by atoms with Crippen LogP contribution in [0.3, 0.4) is 0 Å². The van der Waals surface area contributed by atoms with Gasteiger partial charge in [0.05, 0.1) is 11.3 Å². The van der Waals surface area contributed by atoms with Crippen molar-refractivity contribution in [2.75, 3.05) is 32.1 Å². The molecule has 0 saturated carbocycles. The predicted octanol–water partition coefficient (Wildman–Crippen LogP) is 3.58. The Balaban J connectivity index is 1.85. The SMILES string of the molecule is CN1CC[C@@H](OC(=O)N(C)c2ccccc2-c2ccc(C=O)c(F)c2)C1. The summed E-state index contributed by atoms with van der Waals surface area (Å²) < 4.78 is 19.6. The lowest BCUT2D eigenvalue weighted by atomic mass is 10.0. The number of amides is 1. The minimum absolute atomic E-state index is 0.00403. The van der Waals surface area contributed by atoms with Crippen molar-refractivity contribution in [2.24, 2.45) is 0 Å². The number of carbonyl (C=O) groups excluding carboxylic acids is 2. The molecule has 0 aromatic heterocycles. The molecule has 0 aliphatic carbocycles. The first-order valence-corrected chi connectivity index (χ1v) is 8.46. The molecule has 136 valence electrons. The fourth-order valence-electron chi connectivity index (χ4n) is 3.11. The second kappa shape index (κ2) is 7.66. The van der Waals surface area contributed by atoms with Crippen LogP contribution in [-0.4, -0.2) is 50.6 Å². The van der Waals surface area contributed by atoms with Crippen LogP contribution < -0.4 is 4.90 Å². The normalized spacial score (nSPS) is 17.1. The van der Waals surface area contributed by atoms with Crippen molar-refractivity contribution < 1.29 is 18.7 Å². The van der Waals surface area contributed by atoms with Gasteiger partial charge in [-0.2, -0.15) is 0 Å². The fourth-order valence-corrected chi connectivity index (χ4v) is 3.11. The van der Waals surface area contributed by atoms with E-state index in [9.17, 15) is 14.0 Å². The molecule has 6 heteroatoms. The maximum absolute atomic E-state index is 14.0. The van der Waals surface area contributed by atoms with Crippen molar-refractivity contribution in [1.29, 1.82) is 0 Å². The zero-order valence-electron chi connectivity index (χ0n) is 14.8. The monoisotopic (exact) mass is 356 g/mol. The molecule has 5 nitrogen and oxygen atoms in total. The Morgan fingerprint density at radius 2 is 2.08 bits per heavy atom. The summed E-state index contributed by atoms with van der Waals surface area (Å²) in [5, 5.41) is 0. The molecule has 1 heterocycles. The highest BCUT2D eigenvalue weighted by atomic mass is 19.1. The fraction of sp³-hybridized carbons (Fsp3) is 0.300. The molecule has 1 aliphatic heterocycles. The van der Waals surface area contributed by atoms with Crippen molar-refractivity contribution in [2.45, 2.75) is 12.5 Å². The molecule has 0 N–H and O–H groups in total. The van der Waals surface area contributed by atoms with E-state index < -0.39 is 11.9 Å². The van der Waals surface area contributed by atoms with Crippen molar-refractivity contribution in [3.8, 4) is 11.1 Å². The van der Waals surface area contributed by atoms with Gasteiger partial charge in [-0.3, -0.25) is 9.69 Å². The van der Waals surface area contributed by atoms with E-state index in [0.717, 1.165) is 19.5 Å². The number of rotatable bonds is 4. The Kier molecular flexibility index (Phi) is 5.32. The third kappa shape index (κ3) is 3.75. The van der Waals surface area contributed by atoms with E-state index in [1.165, 1.54) is 17.0 Å². The maximum atomic E-state index is 14.0. The van der Waals surface area contributed by atoms with E-state index in [2.05, 4.69) is 4.90 Å². The quantitative estimate of drug-likeness (QED) is 0.786. The number of ether oxygens (including phenoxy) is 1. The molecule has 0 radical (unpaired) electrons. The van der Waals surface area contributed by atoms with Crippen LogP contribution in [0.25, 0.3) is 11.1 Å². The molecule has 0 bridgehead atoms. The Labute approximate surface area is 152 Å². The Morgan fingerprint density at radius 1 is 1.31 bits per heavy atom. The lowest BCUT2D eigenvalue weighted by molar-refractivity contribution is 0.110. The number of carbonyl (C=O) groups is 2. The number of halogens is 1. The van der Waals surface area contributed by atoms with Gasteiger partial charge in [0.1, 0.15) is 11.9 Å². The van der Waals surface area contributed by atoms with Gasteiger partial charge in [-0.25, -0.2) is 9.18 Å². The number of likely N-dealkylation sites (N-methyl/N-ethyl adjacent to an activating group) is 1. The topological polar surface area (TPSA) is 49.9 Å². The van der Waals surface area contributed by atoms with E-state index >= 15 is 0 Å². The highest BCUT2D eigenvalue weighted by molar-refractivity contribution is 5.93. The summed E-state index contributed by atoms with van der Waals surface area (Å²) in [6, 6.07) is 11.6. The van der Waals surface area contributed by atoms with Gasteiger partial charge in [-0.15, -0.1) is 0 Å². The van der Waals surface area contributed by atoms with Crippen molar-refractivity contribution in [3.63, 3.8) is 0 Å². The van der Waals surface area contributed by atoms with Crippen LogP contribution in [0.2, 0.25) is 0 Å². The highest BCUT2D eigenvalue weighted by Gasteiger charge is 2.25. The van der Waals surface area contributed by atoms with Crippen LogP contribution in [0.4, 0.5) is 14.9 Å². The first-order valence-electron chi connectivity index (χ1n) is 8.46. The van der Waals surface area contributed by atoms with Crippen LogP contribution in [0.1, 0.15) is 16.8 Å². The molecule has 3 rings (SSSR count). The number of aldehydes is 1. The zero-order valence-corrected chi connectivity index (χ0v) is 14.8. The molecular formula is C20H21FN2O3.